The molecular weight excluding hydrogens is 332 g/mol. The molecule has 1 atom stereocenters. The highest BCUT2D eigenvalue weighted by Gasteiger charge is 2.30. The molecule has 0 aliphatic carbocycles. The molecular formula is C19H30N4O3. The first-order chi connectivity index (χ1) is 12.5. The second-order valence-corrected chi connectivity index (χ2v) is 7.44. The number of likely N-dealkylation sites (tertiary alicyclic amines) is 1. The van der Waals surface area contributed by atoms with Crippen molar-refractivity contribution >= 4 is 5.91 Å². The molecule has 144 valence electrons. The van der Waals surface area contributed by atoms with Gasteiger partial charge in [-0.2, -0.15) is 4.98 Å². The lowest BCUT2D eigenvalue weighted by Gasteiger charge is -2.39. The fraction of sp³-hybridized carbons (Fsp3) is 0.737. The summed E-state index contributed by atoms with van der Waals surface area (Å²) in [4.78, 5) is 31.0. The van der Waals surface area contributed by atoms with Gasteiger partial charge < -0.3 is 10.1 Å². The number of hydrogen-bond donors (Lipinski definition) is 1. The van der Waals surface area contributed by atoms with Crippen LogP contribution in [0.4, 0.5) is 0 Å². The summed E-state index contributed by atoms with van der Waals surface area (Å²) in [5.41, 5.74) is 1.35. The molecule has 2 fully saturated rings. The number of ether oxygens (including phenoxy) is 1. The number of rotatable bonds is 5. The summed E-state index contributed by atoms with van der Waals surface area (Å²) in [6.45, 7) is 8.20. The van der Waals surface area contributed by atoms with Gasteiger partial charge in [0.2, 0.25) is 5.91 Å². The maximum Gasteiger partial charge on any atom is 0.348 e. The molecule has 2 aliphatic heterocycles. The van der Waals surface area contributed by atoms with Crippen molar-refractivity contribution in [3.63, 3.8) is 0 Å². The Balaban J connectivity index is 1.49. The van der Waals surface area contributed by atoms with Gasteiger partial charge in [-0.25, -0.2) is 4.79 Å². The summed E-state index contributed by atoms with van der Waals surface area (Å²) in [7, 11) is 0. The molecule has 2 aliphatic rings. The molecule has 3 rings (SSSR count). The minimum absolute atomic E-state index is 0.0422. The van der Waals surface area contributed by atoms with Gasteiger partial charge in [0.1, 0.15) is 0 Å². The average molecular weight is 362 g/mol. The number of nitrogens with one attached hydrogen (secondary N) is 1. The van der Waals surface area contributed by atoms with Gasteiger partial charge >= 0.3 is 5.69 Å². The number of nitrogens with zero attached hydrogens (tertiary/aromatic N) is 3. The van der Waals surface area contributed by atoms with Gasteiger partial charge in [0.25, 0.3) is 0 Å². The Labute approximate surface area is 154 Å². The van der Waals surface area contributed by atoms with Gasteiger partial charge in [0, 0.05) is 50.3 Å². The quantitative estimate of drug-likeness (QED) is 0.841. The summed E-state index contributed by atoms with van der Waals surface area (Å²) in [5.74, 6) is 0.146. The number of carbonyl (C=O) groups excluding carboxylic acids is 1. The van der Waals surface area contributed by atoms with Gasteiger partial charge in [0.05, 0.1) is 5.92 Å². The standard InChI is InChI=1S/C19H30N4O3/c1-14-12-15(2)23(19(25)21-14)9-7-20-18(24)16-4-3-8-22(13-16)17-5-10-26-11-6-17/h12,16-17H,3-11,13H2,1-2H3,(H,20,24)/t16-/m1/s1. The summed E-state index contributed by atoms with van der Waals surface area (Å²) < 4.78 is 7.06. The Morgan fingerprint density at radius 1 is 1.31 bits per heavy atom. The van der Waals surface area contributed by atoms with Crippen LogP contribution >= 0.6 is 0 Å². The Bertz CT molecular complexity index is 682. The van der Waals surface area contributed by atoms with Crippen molar-refractivity contribution < 1.29 is 9.53 Å². The molecule has 0 saturated carbocycles. The third-order valence-electron chi connectivity index (χ3n) is 5.51. The summed E-state index contributed by atoms with van der Waals surface area (Å²) >= 11 is 0. The van der Waals surface area contributed by atoms with E-state index in [2.05, 4.69) is 15.2 Å². The average Bonchev–Trinajstić information content (AvgIpc) is 2.64. The topological polar surface area (TPSA) is 76.5 Å². The Hall–Kier alpha value is -1.73. The molecule has 0 radical (unpaired) electrons. The molecule has 1 aromatic rings. The number of hydrogen-bond acceptors (Lipinski definition) is 5. The van der Waals surface area contributed by atoms with Crippen LogP contribution in [0.1, 0.15) is 37.1 Å². The number of carbonyl (C=O) groups is 1. The van der Waals surface area contributed by atoms with Crippen molar-refractivity contribution in [2.24, 2.45) is 5.92 Å². The van der Waals surface area contributed by atoms with Crippen molar-refractivity contribution in [3.8, 4) is 0 Å². The fourth-order valence-electron chi connectivity index (χ4n) is 4.08. The molecule has 26 heavy (non-hydrogen) atoms. The zero-order valence-corrected chi connectivity index (χ0v) is 15.9. The Morgan fingerprint density at radius 2 is 2.08 bits per heavy atom. The summed E-state index contributed by atoms with van der Waals surface area (Å²) in [6, 6.07) is 2.44. The van der Waals surface area contributed by atoms with Gasteiger partial charge in [0.15, 0.2) is 0 Å². The molecule has 7 heteroatoms. The third kappa shape index (κ3) is 4.71. The summed E-state index contributed by atoms with van der Waals surface area (Å²) in [5, 5.41) is 3.02. The van der Waals surface area contributed by atoms with Crippen molar-refractivity contribution in [2.45, 2.75) is 52.1 Å². The number of aryl methyl sites for hydroxylation is 2. The predicted octanol–water partition coefficient (Wildman–Crippen LogP) is 0.867. The molecule has 7 nitrogen and oxygen atoms in total. The highest BCUT2D eigenvalue weighted by Crippen LogP contribution is 2.23. The highest BCUT2D eigenvalue weighted by molar-refractivity contribution is 5.78. The van der Waals surface area contributed by atoms with Crippen LogP contribution in [0.3, 0.4) is 0 Å². The van der Waals surface area contributed by atoms with Gasteiger partial charge in [-0.1, -0.05) is 0 Å². The fourth-order valence-corrected chi connectivity index (χ4v) is 4.08. The van der Waals surface area contributed by atoms with E-state index >= 15 is 0 Å². The van der Waals surface area contributed by atoms with Crippen LogP contribution in [-0.4, -0.2) is 59.2 Å². The highest BCUT2D eigenvalue weighted by atomic mass is 16.5. The molecule has 1 N–H and O–H groups in total. The third-order valence-corrected chi connectivity index (χ3v) is 5.51. The van der Waals surface area contributed by atoms with Gasteiger partial charge in [-0.15, -0.1) is 0 Å². The first-order valence-electron chi connectivity index (χ1n) is 9.69. The maximum absolute atomic E-state index is 12.6. The van der Waals surface area contributed by atoms with Crippen LogP contribution < -0.4 is 11.0 Å². The predicted molar refractivity (Wildman–Crippen MR) is 99.1 cm³/mol. The van der Waals surface area contributed by atoms with Crippen molar-refractivity contribution in [2.75, 3.05) is 32.8 Å². The van der Waals surface area contributed by atoms with Crippen LogP contribution in [0.2, 0.25) is 0 Å². The van der Waals surface area contributed by atoms with E-state index in [0.29, 0.717) is 19.1 Å². The lowest BCUT2D eigenvalue weighted by molar-refractivity contribution is -0.127. The normalized spacial score (nSPS) is 22.3. The minimum Gasteiger partial charge on any atom is -0.381 e. The van der Waals surface area contributed by atoms with Crippen LogP contribution in [0.25, 0.3) is 0 Å². The number of piperidine rings is 1. The SMILES string of the molecule is Cc1cc(C)n(CCNC(=O)[C@@H]2CCCN(C3CCOCC3)C2)c(=O)n1. The monoisotopic (exact) mass is 362 g/mol. The lowest BCUT2D eigenvalue weighted by atomic mass is 9.94. The zero-order valence-electron chi connectivity index (χ0n) is 15.9. The van der Waals surface area contributed by atoms with Crippen molar-refractivity contribution in [3.05, 3.63) is 27.9 Å². The van der Waals surface area contributed by atoms with Gasteiger partial charge in [-0.05, 0) is 52.1 Å². The lowest BCUT2D eigenvalue weighted by Crippen LogP contribution is -2.49. The first-order valence-corrected chi connectivity index (χ1v) is 9.69. The second kappa shape index (κ2) is 8.77. The molecule has 0 spiro atoms. The van der Waals surface area contributed by atoms with Crippen LogP contribution in [0.15, 0.2) is 10.9 Å². The molecule has 0 bridgehead atoms. The first kappa shape index (κ1) is 19.0. The smallest absolute Gasteiger partial charge is 0.348 e. The van der Waals surface area contributed by atoms with Gasteiger partial charge in [-0.3, -0.25) is 14.3 Å². The van der Waals surface area contributed by atoms with E-state index in [4.69, 9.17) is 4.74 Å². The molecule has 2 saturated heterocycles. The zero-order chi connectivity index (χ0) is 18.5. The van der Waals surface area contributed by atoms with E-state index in [-0.39, 0.29) is 17.5 Å². The number of aromatic nitrogens is 2. The molecule has 3 heterocycles. The molecule has 0 aromatic carbocycles. The maximum atomic E-state index is 12.6. The molecule has 1 aromatic heterocycles. The van der Waals surface area contributed by atoms with E-state index in [1.807, 2.05) is 19.9 Å². The molecule has 1 amide bonds. The van der Waals surface area contributed by atoms with E-state index < -0.39 is 0 Å². The largest absolute Gasteiger partial charge is 0.381 e. The van der Waals surface area contributed by atoms with Crippen LogP contribution in [0.5, 0.6) is 0 Å². The molecule has 0 unspecified atom stereocenters. The number of amides is 1. The Morgan fingerprint density at radius 3 is 2.81 bits per heavy atom. The van der Waals surface area contributed by atoms with Crippen molar-refractivity contribution in [1.82, 2.24) is 19.8 Å². The van der Waals surface area contributed by atoms with E-state index in [1.165, 1.54) is 0 Å². The van der Waals surface area contributed by atoms with E-state index in [9.17, 15) is 9.59 Å². The minimum atomic E-state index is -0.250. The summed E-state index contributed by atoms with van der Waals surface area (Å²) in [6.07, 6.45) is 4.14. The Kier molecular flexibility index (Phi) is 6.43. The van der Waals surface area contributed by atoms with Crippen molar-refractivity contribution in [1.29, 1.82) is 0 Å². The van der Waals surface area contributed by atoms with Crippen LogP contribution in [-0.2, 0) is 16.1 Å². The second-order valence-electron chi connectivity index (χ2n) is 7.44. The van der Waals surface area contributed by atoms with E-state index in [1.54, 1.807) is 4.57 Å². The van der Waals surface area contributed by atoms with E-state index in [0.717, 1.165) is 63.4 Å². The van der Waals surface area contributed by atoms with Crippen LogP contribution in [0, 0.1) is 19.8 Å².